The Kier molecular flexibility index (Phi) is 14.7. The molecule has 2 fully saturated rings. The molecular weight excluding hydrogens is 831 g/mol. The highest BCUT2D eigenvalue weighted by Crippen LogP contribution is 2.29. The fourth-order valence-corrected chi connectivity index (χ4v) is 8.02. The van der Waals surface area contributed by atoms with E-state index in [1.165, 1.54) is 19.0 Å². The Morgan fingerprint density at radius 2 is 1.03 bits per heavy atom. The van der Waals surface area contributed by atoms with Crippen molar-refractivity contribution in [2.24, 2.45) is 11.8 Å². The first-order valence-corrected chi connectivity index (χ1v) is 23.3. The van der Waals surface area contributed by atoms with E-state index in [-0.39, 0.29) is 35.7 Å². The molecular formula is C49H53N7O7S. The molecule has 4 aromatic carbocycles. The highest BCUT2D eigenvalue weighted by atomic mass is 32.2. The maximum Gasteiger partial charge on any atom is 0.272 e. The third kappa shape index (κ3) is 11.5. The van der Waals surface area contributed by atoms with Gasteiger partial charge in [-0.1, -0.05) is 73.5 Å². The zero-order valence-electron chi connectivity index (χ0n) is 36.2. The topological polar surface area (TPSA) is 189 Å². The summed E-state index contributed by atoms with van der Waals surface area (Å²) in [5.74, 6) is -0.175. The van der Waals surface area contributed by atoms with Crippen LogP contribution in [0.5, 0.6) is 0 Å². The predicted molar refractivity (Wildman–Crippen MR) is 249 cm³/mol. The van der Waals surface area contributed by atoms with Gasteiger partial charge in [0.2, 0.25) is 0 Å². The van der Waals surface area contributed by atoms with E-state index in [1.807, 2.05) is 50.5 Å². The van der Waals surface area contributed by atoms with Gasteiger partial charge in [0.05, 0.1) is 24.2 Å². The molecule has 2 aromatic heterocycles. The lowest BCUT2D eigenvalue weighted by atomic mass is 9.85. The van der Waals surface area contributed by atoms with Crippen molar-refractivity contribution in [2.45, 2.75) is 51.7 Å². The van der Waals surface area contributed by atoms with Gasteiger partial charge in [0.1, 0.15) is 0 Å². The minimum absolute atomic E-state index is 0.130. The number of nitrogens with zero attached hydrogens (tertiary/aromatic N) is 3. The van der Waals surface area contributed by atoms with Crippen molar-refractivity contribution in [2.75, 3.05) is 44.1 Å². The number of anilines is 2. The van der Waals surface area contributed by atoms with Crippen LogP contribution in [0.1, 0.15) is 91.3 Å². The van der Waals surface area contributed by atoms with Crippen molar-refractivity contribution in [3.05, 3.63) is 143 Å². The largest absolute Gasteiger partial charge is 0.350 e. The first-order chi connectivity index (χ1) is 30.8. The summed E-state index contributed by atoms with van der Waals surface area (Å²) in [4.78, 5) is 62.1. The predicted octanol–water partition coefficient (Wildman–Crippen LogP) is 7.57. The first-order valence-electron chi connectivity index (χ1n) is 21.4. The van der Waals surface area contributed by atoms with Gasteiger partial charge < -0.3 is 26.2 Å². The van der Waals surface area contributed by atoms with Crippen LogP contribution >= 0.6 is 0 Å². The lowest BCUT2D eigenvalue weighted by Crippen LogP contribution is -2.33. The van der Waals surface area contributed by atoms with Gasteiger partial charge in [0.25, 0.3) is 33.7 Å². The fourth-order valence-electron chi connectivity index (χ4n) is 7.68. The fraction of sp³-hybridized carbons (Fsp3) is 0.306. The molecule has 2 heterocycles. The van der Waals surface area contributed by atoms with Gasteiger partial charge in [-0.15, -0.1) is 0 Å². The van der Waals surface area contributed by atoms with E-state index in [0.29, 0.717) is 63.8 Å². The van der Waals surface area contributed by atoms with Crippen molar-refractivity contribution >= 4 is 66.7 Å². The Morgan fingerprint density at radius 1 is 0.594 bits per heavy atom. The molecule has 6 aromatic rings. The molecule has 8 rings (SSSR count). The number of nitrogens with one attached hydrogen (secondary N) is 4. The summed E-state index contributed by atoms with van der Waals surface area (Å²) in [6.07, 6.45) is 11.0. The third-order valence-corrected chi connectivity index (χ3v) is 12.1. The normalized spacial score (nSPS) is 13.9. The summed E-state index contributed by atoms with van der Waals surface area (Å²) < 4.78 is 27.7. The Bertz CT molecular complexity index is 2790. The summed E-state index contributed by atoms with van der Waals surface area (Å²) in [5, 5.41) is 14.8. The van der Waals surface area contributed by atoms with Crippen LogP contribution in [0.3, 0.4) is 0 Å². The Morgan fingerprint density at radius 3 is 1.45 bits per heavy atom. The second kappa shape index (κ2) is 20.8. The Hall–Kier alpha value is -6.55. The van der Waals surface area contributed by atoms with Gasteiger partial charge in [0, 0.05) is 43.2 Å². The van der Waals surface area contributed by atoms with E-state index in [1.54, 1.807) is 66.9 Å². The van der Waals surface area contributed by atoms with E-state index in [9.17, 15) is 27.6 Å². The molecule has 0 spiro atoms. The highest BCUT2D eigenvalue weighted by molar-refractivity contribution is 7.85. The molecule has 15 heteroatoms. The molecule has 2 aliphatic carbocycles. The van der Waals surface area contributed by atoms with Gasteiger partial charge in [-0.25, -0.2) is 9.97 Å². The molecule has 14 nitrogen and oxygen atoms in total. The molecule has 4 N–H and O–H groups in total. The number of benzene rings is 4. The standard InChI is InChI=1S/C25H28N4O2.C24H25N3O5S/c1-29(2)16-18-12-13-21(20-10-4-3-9-19(18)20)24(30)28-22-11-6-14-26-23(22)25(31)27-15-17-7-5-8-17;1-33(30,31)32-15-17-11-12-20(19-9-3-2-8-18(17)19)23(28)27-21-10-5-13-25-22(21)24(29)26-14-16-6-4-7-16/h3-4,6,9-14,17H,5,7-8,15-16H2,1-2H3,(H,27,31)(H,28,30);2-3,5,8-13,16H,4,6-7,14-15H2,1H3,(H,26,29)(H,27,28). The summed E-state index contributed by atoms with van der Waals surface area (Å²) >= 11 is 0. The van der Waals surface area contributed by atoms with Gasteiger partial charge in [-0.05, 0) is 121 Å². The average molecular weight is 884 g/mol. The van der Waals surface area contributed by atoms with Gasteiger partial charge in [-0.2, -0.15) is 8.42 Å². The smallest absolute Gasteiger partial charge is 0.272 e. The van der Waals surface area contributed by atoms with Crippen LogP contribution in [-0.4, -0.2) is 80.4 Å². The van der Waals surface area contributed by atoms with E-state index < -0.39 is 16.0 Å². The lowest BCUT2D eigenvalue weighted by molar-refractivity contribution is 0.0926. The number of fused-ring (bicyclic) bond motifs is 2. The van der Waals surface area contributed by atoms with Crippen LogP contribution in [0.4, 0.5) is 11.4 Å². The molecule has 4 amide bonds. The highest BCUT2D eigenvalue weighted by Gasteiger charge is 2.23. The Labute approximate surface area is 373 Å². The minimum atomic E-state index is -3.60. The molecule has 0 radical (unpaired) electrons. The summed E-state index contributed by atoms with van der Waals surface area (Å²) in [5.41, 5.74) is 3.90. The summed E-state index contributed by atoms with van der Waals surface area (Å²) in [6.45, 7) is 1.91. The van der Waals surface area contributed by atoms with Crippen LogP contribution in [0.15, 0.2) is 109 Å². The average Bonchev–Trinajstić information content (AvgIpc) is 3.24. The molecule has 0 aliphatic heterocycles. The molecule has 2 saturated carbocycles. The van der Waals surface area contributed by atoms with Crippen LogP contribution in [0.25, 0.3) is 21.5 Å². The maximum absolute atomic E-state index is 13.2. The molecule has 332 valence electrons. The number of carbonyl (C=O) groups excluding carboxylic acids is 4. The van der Waals surface area contributed by atoms with Crippen LogP contribution in [-0.2, 0) is 27.5 Å². The minimum Gasteiger partial charge on any atom is -0.350 e. The molecule has 0 saturated heterocycles. The Balaban J connectivity index is 0.000000192. The zero-order chi connectivity index (χ0) is 45.2. The number of hydrogen-bond donors (Lipinski definition) is 4. The molecule has 0 atom stereocenters. The number of carbonyl (C=O) groups is 4. The van der Waals surface area contributed by atoms with E-state index in [4.69, 9.17) is 4.18 Å². The van der Waals surface area contributed by atoms with E-state index in [0.717, 1.165) is 54.8 Å². The van der Waals surface area contributed by atoms with Crippen molar-refractivity contribution in [3.63, 3.8) is 0 Å². The van der Waals surface area contributed by atoms with E-state index >= 15 is 0 Å². The number of aromatic nitrogens is 2. The van der Waals surface area contributed by atoms with Crippen LogP contribution < -0.4 is 21.3 Å². The summed E-state index contributed by atoms with van der Waals surface area (Å²) in [6, 6.07) is 28.9. The van der Waals surface area contributed by atoms with Gasteiger partial charge in [0.15, 0.2) is 11.4 Å². The van der Waals surface area contributed by atoms with Crippen molar-refractivity contribution < 1.29 is 31.8 Å². The van der Waals surface area contributed by atoms with E-state index in [2.05, 4.69) is 36.1 Å². The number of hydrogen-bond acceptors (Lipinski definition) is 10. The molecule has 64 heavy (non-hydrogen) atoms. The monoisotopic (exact) mass is 883 g/mol. The molecule has 0 bridgehead atoms. The SMILES string of the molecule is CN(C)Cc1ccc(C(=O)Nc2cccnc2C(=O)NCC2CCC2)c2ccccc12.CS(=O)(=O)OCc1ccc(C(=O)Nc2cccnc2C(=O)NCC2CCC2)c2ccccc12. The van der Waals surface area contributed by atoms with Gasteiger partial charge >= 0.3 is 0 Å². The quantitative estimate of drug-likeness (QED) is 0.0749. The van der Waals surface area contributed by atoms with Crippen molar-refractivity contribution in [1.29, 1.82) is 0 Å². The second-order valence-corrected chi connectivity index (χ2v) is 18.2. The molecule has 0 unspecified atom stereocenters. The van der Waals surface area contributed by atoms with Crippen molar-refractivity contribution in [3.8, 4) is 0 Å². The first kappa shape index (κ1) is 45.5. The number of rotatable bonds is 15. The maximum atomic E-state index is 13.2. The van der Waals surface area contributed by atoms with Crippen molar-refractivity contribution in [1.82, 2.24) is 25.5 Å². The van der Waals surface area contributed by atoms with Crippen LogP contribution in [0, 0.1) is 11.8 Å². The molecule has 2 aliphatic rings. The van der Waals surface area contributed by atoms with Gasteiger partial charge in [-0.3, -0.25) is 23.4 Å². The zero-order valence-corrected chi connectivity index (χ0v) is 37.0. The third-order valence-electron chi connectivity index (χ3n) is 11.5. The summed E-state index contributed by atoms with van der Waals surface area (Å²) in [7, 11) is 0.443. The van der Waals surface area contributed by atoms with Crippen LogP contribution in [0.2, 0.25) is 0 Å². The second-order valence-electron chi connectivity index (χ2n) is 16.6. The number of amides is 4. The lowest BCUT2D eigenvalue weighted by Gasteiger charge is -2.25. The number of pyridine rings is 2.